The van der Waals surface area contributed by atoms with Gasteiger partial charge in [-0.2, -0.15) is 0 Å². The smallest absolute Gasteiger partial charge is 0.331 e. The zero-order valence-electron chi connectivity index (χ0n) is 16.0. The zero-order chi connectivity index (χ0) is 19.9. The highest BCUT2D eigenvalue weighted by molar-refractivity contribution is 5.91. The van der Waals surface area contributed by atoms with Gasteiger partial charge in [-0.15, -0.1) is 0 Å². The van der Waals surface area contributed by atoms with Crippen molar-refractivity contribution in [1.29, 1.82) is 0 Å². The van der Waals surface area contributed by atoms with Crippen LogP contribution in [0.15, 0.2) is 54.6 Å². The van der Waals surface area contributed by atoms with Crippen LogP contribution in [0.1, 0.15) is 31.1 Å². The summed E-state index contributed by atoms with van der Waals surface area (Å²) in [6, 6.07) is 14.4. The second-order valence-electron chi connectivity index (χ2n) is 6.18. The van der Waals surface area contributed by atoms with Gasteiger partial charge in [-0.1, -0.05) is 36.4 Å². The first-order chi connectivity index (χ1) is 13.6. The Hall–Kier alpha value is -3.28. The van der Waals surface area contributed by atoms with E-state index in [4.69, 9.17) is 14.2 Å². The minimum Gasteiger partial charge on any atom is -0.454 e. The molecule has 0 aliphatic carbocycles. The van der Waals surface area contributed by atoms with Crippen molar-refractivity contribution in [3.05, 3.63) is 65.7 Å². The van der Waals surface area contributed by atoms with Crippen LogP contribution in [0, 0.1) is 0 Å². The van der Waals surface area contributed by atoms with Crippen molar-refractivity contribution in [2.75, 3.05) is 19.9 Å². The molecule has 0 N–H and O–H groups in total. The normalized spacial score (nSPS) is 13.4. The van der Waals surface area contributed by atoms with Gasteiger partial charge in [0.25, 0.3) is 5.91 Å². The highest BCUT2D eigenvalue weighted by atomic mass is 16.7. The molecule has 0 aromatic heterocycles. The summed E-state index contributed by atoms with van der Waals surface area (Å²) in [6.07, 6.45) is 1.95. The van der Waals surface area contributed by atoms with E-state index in [0.29, 0.717) is 30.2 Å². The van der Waals surface area contributed by atoms with Crippen LogP contribution >= 0.6 is 0 Å². The molecule has 1 heterocycles. The third kappa shape index (κ3) is 4.52. The molecule has 1 aliphatic rings. The van der Waals surface area contributed by atoms with Crippen molar-refractivity contribution in [3.8, 4) is 11.5 Å². The number of carbonyl (C=O) groups is 2. The Kier molecular flexibility index (Phi) is 6.32. The van der Waals surface area contributed by atoms with E-state index in [1.165, 1.54) is 6.08 Å². The summed E-state index contributed by atoms with van der Waals surface area (Å²) in [5, 5.41) is 0. The van der Waals surface area contributed by atoms with Crippen molar-refractivity contribution in [2.45, 2.75) is 20.0 Å². The first-order valence-electron chi connectivity index (χ1n) is 9.24. The fraction of sp³-hybridized carbons (Fsp3) is 0.273. The molecule has 6 nitrogen and oxygen atoms in total. The Morgan fingerprint density at radius 3 is 2.50 bits per heavy atom. The van der Waals surface area contributed by atoms with Gasteiger partial charge >= 0.3 is 5.97 Å². The van der Waals surface area contributed by atoms with Gasteiger partial charge in [0, 0.05) is 24.7 Å². The highest BCUT2D eigenvalue weighted by Gasteiger charge is 2.27. The molecule has 0 fully saturated rings. The molecule has 1 atom stereocenters. The maximum absolute atomic E-state index is 12.8. The number of esters is 1. The molecule has 0 radical (unpaired) electrons. The predicted molar refractivity (Wildman–Crippen MR) is 105 cm³/mol. The number of hydrogen-bond donors (Lipinski definition) is 0. The lowest BCUT2D eigenvalue weighted by Gasteiger charge is -2.25. The van der Waals surface area contributed by atoms with E-state index in [9.17, 15) is 9.59 Å². The van der Waals surface area contributed by atoms with Gasteiger partial charge in [0.2, 0.25) is 12.9 Å². The molecule has 2 aromatic carbocycles. The summed E-state index contributed by atoms with van der Waals surface area (Å²) in [5.41, 5.74) is 1.41. The first kappa shape index (κ1) is 19.5. The summed E-state index contributed by atoms with van der Waals surface area (Å²) in [4.78, 5) is 26.9. The Balaban J connectivity index is 1.74. The maximum Gasteiger partial charge on any atom is 0.331 e. The molecule has 0 saturated carbocycles. The van der Waals surface area contributed by atoms with Gasteiger partial charge in [0.1, 0.15) is 0 Å². The minimum atomic E-state index is -0.977. The van der Waals surface area contributed by atoms with Crippen molar-refractivity contribution in [2.24, 2.45) is 0 Å². The number of carbonyl (C=O) groups excluding carboxylic acids is 2. The lowest BCUT2D eigenvalue weighted by Crippen LogP contribution is -2.36. The Morgan fingerprint density at radius 1 is 1.07 bits per heavy atom. The SMILES string of the molecule is CCN(CC)C(=O)[C@@H](OC(=O)/C=C/c1ccc2c(c1)OCO2)c1ccccc1. The summed E-state index contributed by atoms with van der Waals surface area (Å²) in [6.45, 7) is 5.07. The molecule has 0 unspecified atom stereocenters. The Bertz CT molecular complexity index is 858. The Labute approximate surface area is 164 Å². The zero-order valence-corrected chi connectivity index (χ0v) is 16.0. The van der Waals surface area contributed by atoms with Gasteiger partial charge in [0.05, 0.1) is 0 Å². The molecule has 2 aromatic rings. The van der Waals surface area contributed by atoms with Crippen LogP contribution in [0.25, 0.3) is 6.08 Å². The molecular weight excluding hydrogens is 358 g/mol. The van der Waals surface area contributed by atoms with Crippen molar-refractivity contribution in [3.63, 3.8) is 0 Å². The van der Waals surface area contributed by atoms with E-state index in [1.807, 2.05) is 38.1 Å². The quantitative estimate of drug-likeness (QED) is 0.542. The molecule has 6 heteroatoms. The van der Waals surface area contributed by atoms with E-state index >= 15 is 0 Å². The standard InChI is InChI=1S/C22H23NO5/c1-3-23(4-2)22(25)21(17-8-6-5-7-9-17)28-20(24)13-11-16-10-12-18-19(14-16)27-15-26-18/h5-14,21H,3-4,15H2,1-2H3/b13-11+/t21-/m0/s1. The van der Waals surface area contributed by atoms with Crippen LogP contribution < -0.4 is 9.47 Å². The van der Waals surface area contributed by atoms with Crippen LogP contribution in [-0.4, -0.2) is 36.7 Å². The second-order valence-corrected chi connectivity index (χ2v) is 6.18. The second kappa shape index (κ2) is 9.08. The molecule has 0 bridgehead atoms. The lowest BCUT2D eigenvalue weighted by atomic mass is 10.1. The summed E-state index contributed by atoms with van der Waals surface area (Å²) in [7, 11) is 0. The average molecular weight is 381 g/mol. The van der Waals surface area contributed by atoms with Gasteiger partial charge in [-0.05, 0) is 37.6 Å². The van der Waals surface area contributed by atoms with E-state index in [1.54, 1.807) is 35.2 Å². The van der Waals surface area contributed by atoms with Crippen molar-refractivity contribution < 1.29 is 23.8 Å². The van der Waals surface area contributed by atoms with Gasteiger partial charge < -0.3 is 19.1 Å². The first-order valence-corrected chi connectivity index (χ1v) is 9.24. The fourth-order valence-electron chi connectivity index (χ4n) is 2.93. The van der Waals surface area contributed by atoms with E-state index in [2.05, 4.69) is 0 Å². The van der Waals surface area contributed by atoms with Crippen LogP contribution in [0.2, 0.25) is 0 Å². The van der Waals surface area contributed by atoms with Crippen molar-refractivity contribution in [1.82, 2.24) is 4.90 Å². The summed E-state index contributed by atoms with van der Waals surface area (Å²) < 4.78 is 16.1. The summed E-state index contributed by atoms with van der Waals surface area (Å²) in [5.74, 6) is 0.483. The number of benzene rings is 2. The van der Waals surface area contributed by atoms with Crippen molar-refractivity contribution >= 4 is 18.0 Å². The average Bonchev–Trinajstić information content (AvgIpc) is 3.20. The van der Waals surface area contributed by atoms with Gasteiger partial charge in [0.15, 0.2) is 11.5 Å². The number of hydrogen-bond acceptors (Lipinski definition) is 5. The number of likely N-dealkylation sites (N-methyl/N-ethyl adjacent to an activating group) is 1. The minimum absolute atomic E-state index is 0.191. The maximum atomic E-state index is 12.8. The lowest BCUT2D eigenvalue weighted by molar-refractivity contribution is -0.157. The number of rotatable bonds is 7. The molecule has 0 spiro atoms. The monoisotopic (exact) mass is 381 g/mol. The van der Waals surface area contributed by atoms with Crippen LogP contribution in [0.3, 0.4) is 0 Å². The molecular formula is C22H23NO5. The number of amides is 1. The molecule has 1 amide bonds. The van der Waals surface area contributed by atoms with E-state index < -0.39 is 12.1 Å². The van der Waals surface area contributed by atoms with Crippen LogP contribution in [-0.2, 0) is 14.3 Å². The van der Waals surface area contributed by atoms with Gasteiger partial charge in [-0.3, -0.25) is 4.79 Å². The summed E-state index contributed by atoms with van der Waals surface area (Å²) >= 11 is 0. The molecule has 0 saturated heterocycles. The topological polar surface area (TPSA) is 65.1 Å². The van der Waals surface area contributed by atoms with E-state index in [-0.39, 0.29) is 12.7 Å². The third-order valence-corrected chi connectivity index (χ3v) is 4.44. The highest BCUT2D eigenvalue weighted by Crippen LogP contribution is 2.32. The Morgan fingerprint density at radius 2 is 1.79 bits per heavy atom. The number of fused-ring (bicyclic) bond motifs is 1. The molecule has 3 rings (SSSR count). The molecule has 28 heavy (non-hydrogen) atoms. The number of ether oxygens (including phenoxy) is 3. The van der Waals surface area contributed by atoms with Crippen LogP contribution in [0.5, 0.6) is 11.5 Å². The third-order valence-electron chi connectivity index (χ3n) is 4.44. The van der Waals surface area contributed by atoms with Gasteiger partial charge in [-0.25, -0.2) is 4.79 Å². The predicted octanol–water partition coefficient (Wildman–Crippen LogP) is 3.58. The fourth-order valence-corrected chi connectivity index (χ4v) is 2.93. The van der Waals surface area contributed by atoms with E-state index in [0.717, 1.165) is 5.56 Å². The largest absolute Gasteiger partial charge is 0.454 e. The van der Waals surface area contributed by atoms with Crippen LogP contribution in [0.4, 0.5) is 0 Å². The molecule has 146 valence electrons. The molecule has 1 aliphatic heterocycles. The number of nitrogens with zero attached hydrogens (tertiary/aromatic N) is 1.